The van der Waals surface area contributed by atoms with E-state index in [0.717, 1.165) is 31.5 Å². The van der Waals surface area contributed by atoms with Crippen LogP contribution in [0.25, 0.3) is 0 Å². The Morgan fingerprint density at radius 3 is 3.00 bits per heavy atom. The molecule has 0 spiro atoms. The number of aryl methyl sites for hydroxylation is 1. The van der Waals surface area contributed by atoms with Crippen molar-refractivity contribution in [2.45, 2.75) is 44.9 Å². The Balaban J connectivity index is 1.67. The number of carbonyl (C=O) groups excluding carboxylic acids is 1. The molecular formula is C17H22N4O2. The highest BCUT2D eigenvalue weighted by Crippen LogP contribution is 2.09. The third-order valence-electron chi connectivity index (χ3n) is 3.98. The zero-order valence-corrected chi connectivity index (χ0v) is 13.1. The van der Waals surface area contributed by atoms with E-state index in [0.29, 0.717) is 19.6 Å². The lowest BCUT2D eigenvalue weighted by Crippen LogP contribution is -2.40. The molecule has 23 heavy (non-hydrogen) atoms. The molecule has 0 fully saturated rings. The molecular weight excluding hydrogens is 292 g/mol. The molecule has 6 nitrogen and oxygen atoms in total. The second-order valence-electron chi connectivity index (χ2n) is 5.87. The molecule has 1 aromatic heterocycles. The normalized spacial score (nSPS) is 20.0. The van der Waals surface area contributed by atoms with E-state index in [1.54, 1.807) is 6.20 Å². The van der Waals surface area contributed by atoms with Crippen molar-refractivity contribution in [2.24, 2.45) is 0 Å². The number of nitrogens with one attached hydrogen (secondary N) is 1. The molecule has 2 heterocycles. The molecule has 1 aromatic carbocycles. The summed E-state index contributed by atoms with van der Waals surface area (Å²) in [6.07, 6.45) is 4.81. The van der Waals surface area contributed by atoms with Gasteiger partial charge in [-0.3, -0.25) is 4.79 Å². The second kappa shape index (κ2) is 7.87. The maximum atomic E-state index is 12.1. The summed E-state index contributed by atoms with van der Waals surface area (Å²) < 4.78 is 7.68. The Labute approximate surface area is 135 Å². The van der Waals surface area contributed by atoms with Gasteiger partial charge in [-0.1, -0.05) is 35.5 Å². The van der Waals surface area contributed by atoms with E-state index in [1.165, 1.54) is 5.56 Å². The van der Waals surface area contributed by atoms with Gasteiger partial charge in [0, 0.05) is 13.0 Å². The van der Waals surface area contributed by atoms with Gasteiger partial charge in [-0.05, 0) is 24.8 Å². The highest BCUT2D eigenvalue weighted by atomic mass is 16.5. The highest BCUT2D eigenvalue weighted by Gasteiger charge is 2.15. The molecule has 0 saturated heterocycles. The van der Waals surface area contributed by atoms with Crippen LogP contribution in [-0.4, -0.2) is 33.5 Å². The lowest BCUT2D eigenvalue weighted by Gasteiger charge is -2.20. The summed E-state index contributed by atoms with van der Waals surface area (Å²) >= 11 is 0. The average Bonchev–Trinajstić information content (AvgIpc) is 2.99. The fourth-order valence-electron chi connectivity index (χ4n) is 2.78. The lowest BCUT2D eigenvalue weighted by molar-refractivity contribution is -0.122. The molecule has 0 saturated carbocycles. The molecule has 1 N–H and O–H groups in total. The number of amides is 1. The number of carbonyl (C=O) groups is 1. The minimum atomic E-state index is -0.0198. The van der Waals surface area contributed by atoms with E-state index < -0.39 is 0 Å². The van der Waals surface area contributed by atoms with Gasteiger partial charge in [0.05, 0.1) is 31.1 Å². The van der Waals surface area contributed by atoms with E-state index >= 15 is 0 Å². The van der Waals surface area contributed by atoms with E-state index in [1.807, 2.05) is 22.9 Å². The number of hydrogen-bond donors (Lipinski definition) is 1. The minimum Gasteiger partial charge on any atom is -0.373 e. The van der Waals surface area contributed by atoms with Crippen LogP contribution < -0.4 is 5.32 Å². The average molecular weight is 314 g/mol. The minimum absolute atomic E-state index is 0.0198. The lowest BCUT2D eigenvalue weighted by atomic mass is 10.1. The van der Waals surface area contributed by atoms with E-state index in [-0.39, 0.29) is 11.9 Å². The summed E-state index contributed by atoms with van der Waals surface area (Å²) in [7, 11) is 0. The molecule has 3 rings (SSSR count). The Hall–Kier alpha value is -2.21. The first-order chi connectivity index (χ1) is 11.3. The van der Waals surface area contributed by atoms with Crippen LogP contribution in [0, 0.1) is 0 Å². The van der Waals surface area contributed by atoms with Crippen LogP contribution in [-0.2, 0) is 29.1 Å². The SMILES string of the molecule is O=C1CCCCn2nncc2COC[C@@H](Cc2ccccc2)N1. The van der Waals surface area contributed by atoms with Crippen molar-refractivity contribution < 1.29 is 9.53 Å². The zero-order chi connectivity index (χ0) is 15.9. The number of nitrogens with zero attached hydrogens (tertiary/aromatic N) is 3. The first-order valence-electron chi connectivity index (χ1n) is 8.09. The van der Waals surface area contributed by atoms with E-state index in [2.05, 4.69) is 27.8 Å². The molecule has 1 aliphatic heterocycles. The van der Waals surface area contributed by atoms with Gasteiger partial charge in [0.25, 0.3) is 0 Å². The van der Waals surface area contributed by atoms with Crippen molar-refractivity contribution in [1.29, 1.82) is 0 Å². The molecule has 0 unspecified atom stereocenters. The van der Waals surface area contributed by atoms with Crippen molar-refractivity contribution in [1.82, 2.24) is 20.3 Å². The molecule has 1 amide bonds. The number of fused-ring (bicyclic) bond motifs is 1. The first kappa shape index (κ1) is 15.7. The van der Waals surface area contributed by atoms with Crippen LogP contribution in [0.4, 0.5) is 0 Å². The summed E-state index contributed by atoms with van der Waals surface area (Å²) in [6.45, 7) is 1.72. The quantitative estimate of drug-likeness (QED) is 0.916. The fourth-order valence-corrected chi connectivity index (χ4v) is 2.78. The van der Waals surface area contributed by atoms with Gasteiger partial charge in [-0.15, -0.1) is 5.10 Å². The third kappa shape index (κ3) is 4.63. The second-order valence-corrected chi connectivity index (χ2v) is 5.87. The number of hydrogen-bond acceptors (Lipinski definition) is 4. The molecule has 1 aliphatic rings. The highest BCUT2D eigenvalue weighted by molar-refractivity contribution is 5.76. The number of benzene rings is 1. The van der Waals surface area contributed by atoms with Crippen LogP contribution in [0.15, 0.2) is 36.5 Å². The van der Waals surface area contributed by atoms with Gasteiger partial charge in [0.1, 0.15) is 0 Å². The van der Waals surface area contributed by atoms with E-state index in [4.69, 9.17) is 4.74 Å². The van der Waals surface area contributed by atoms with Crippen LogP contribution in [0.1, 0.15) is 30.5 Å². The Morgan fingerprint density at radius 2 is 2.13 bits per heavy atom. The molecule has 0 radical (unpaired) electrons. The Bertz CT molecular complexity index is 627. The molecule has 6 heteroatoms. The Morgan fingerprint density at radius 1 is 1.26 bits per heavy atom. The molecule has 2 aromatic rings. The maximum Gasteiger partial charge on any atom is 0.220 e. The van der Waals surface area contributed by atoms with Gasteiger partial charge in [-0.25, -0.2) is 4.68 Å². The molecule has 122 valence electrons. The van der Waals surface area contributed by atoms with Gasteiger partial charge in [0.2, 0.25) is 5.91 Å². The largest absolute Gasteiger partial charge is 0.373 e. The van der Waals surface area contributed by atoms with Gasteiger partial charge >= 0.3 is 0 Å². The fraction of sp³-hybridized carbons (Fsp3) is 0.471. The van der Waals surface area contributed by atoms with Gasteiger partial charge < -0.3 is 10.1 Å². The van der Waals surface area contributed by atoms with Crippen LogP contribution in [0.5, 0.6) is 0 Å². The number of ether oxygens (including phenoxy) is 1. The van der Waals surface area contributed by atoms with Crippen molar-refractivity contribution in [2.75, 3.05) is 6.61 Å². The van der Waals surface area contributed by atoms with Crippen molar-refractivity contribution >= 4 is 5.91 Å². The van der Waals surface area contributed by atoms with Gasteiger partial charge in [0.15, 0.2) is 0 Å². The third-order valence-corrected chi connectivity index (χ3v) is 3.98. The molecule has 1 atom stereocenters. The van der Waals surface area contributed by atoms with Crippen LogP contribution in [0.2, 0.25) is 0 Å². The van der Waals surface area contributed by atoms with Crippen LogP contribution in [0.3, 0.4) is 0 Å². The topological polar surface area (TPSA) is 69.0 Å². The summed E-state index contributed by atoms with van der Waals surface area (Å²) in [6, 6.07) is 10.1. The smallest absolute Gasteiger partial charge is 0.220 e. The van der Waals surface area contributed by atoms with Crippen molar-refractivity contribution in [3.63, 3.8) is 0 Å². The predicted octanol–water partition coefficient (Wildman–Crippen LogP) is 1.71. The zero-order valence-electron chi connectivity index (χ0n) is 13.1. The van der Waals surface area contributed by atoms with Gasteiger partial charge in [-0.2, -0.15) is 0 Å². The standard InChI is InChI=1S/C17H22N4O2/c22-17-8-4-5-9-21-16(11-18-20-21)13-23-12-15(19-17)10-14-6-2-1-3-7-14/h1-3,6-7,11,15H,4-5,8-10,12-13H2,(H,19,22)/t15-/m1/s1. The van der Waals surface area contributed by atoms with Crippen LogP contribution >= 0.6 is 0 Å². The van der Waals surface area contributed by atoms with Crippen molar-refractivity contribution in [3.05, 3.63) is 47.8 Å². The monoisotopic (exact) mass is 314 g/mol. The predicted molar refractivity (Wildman–Crippen MR) is 85.6 cm³/mol. The molecule has 0 bridgehead atoms. The Kier molecular flexibility index (Phi) is 5.37. The molecule has 0 aliphatic carbocycles. The summed E-state index contributed by atoms with van der Waals surface area (Å²) in [5, 5.41) is 11.1. The summed E-state index contributed by atoms with van der Waals surface area (Å²) in [5.41, 5.74) is 2.18. The summed E-state index contributed by atoms with van der Waals surface area (Å²) in [5.74, 6) is 0.0916. The van der Waals surface area contributed by atoms with Crippen molar-refractivity contribution in [3.8, 4) is 0 Å². The first-order valence-corrected chi connectivity index (χ1v) is 8.09. The maximum absolute atomic E-state index is 12.1. The number of aromatic nitrogens is 3. The van der Waals surface area contributed by atoms with E-state index in [9.17, 15) is 4.79 Å². The number of rotatable bonds is 2. The summed E-state index contributed by atoms with van der Waals surface area (Å²) in [4.78, 5) is 12.1.